The van der Waals surface area contributed by atoms with E-state index in [4.69, 9.17) is 9.47 Å². The van der Waals surface area contributed by atoms with Gasteiger partial charge in [0.1, 0.15) is 11.3 Å². The summed E-state index contributed by atoms with van der Waals surface area (Å²) >= 11 is 0. The van der Waals surface area contributed by atoms with Crippen LogP contribution in [0.1, 0.15) is 50.2 Å². The van der Waals surface area contributed by atoms with Crippen molar-refractivity contribution in [3.8, 4) is 0 Å². The summed E-state index contributed by atoms with van der Waals surface area (Å²) in [4.78, 5) is 31.7. The molecular formula is C24H29N3O4. The van der Waals surface area contributed by atoms with Gasteiger partial charge in [0.25, 0.3) is 0 Å². The molecule has 7 nitrogen and oxygen atoms in total. The van der Waals surface area contributed by atoms with Crippen LogP contribution >= 0.6 is 0 Å². The highest BCUT2D eigenvalue weighted by atomic mass is 16.6. The van der Waals surface area contributed by atoms with Gasteiger partial charge in [0.2, 0.25) is 0 Å². The second kappa shape index (κ2) is 9.20. The molecule has 0 bridgehead atoms. The van der Waals surface area contributed by atoms with Crippen molar-refractivity contribution in [3.05, 3.63) is 59.9 Å². The summed E-state index contributed by atoms with van der Waals surface area (Å²) in [6.07, 6.45) is 1.94. The zero-order valence-electron chi connectivity index (χ0n) is 18.7. The number of aromatic nitrogens is 2. The Morgan fingerprint density at radius 3 is 2.45 bits per heavy atom. The maximum absolute atomic E-state index is 13.2. The van der Waals surface area contributed by atoms with Crippen molar-refractivity contribution in [1.82, 2.24) is 9.55 Å². The summed E-state index contributed by atoms with van der Waals surface area (Å²) in [6.45, 7) is 8.38. The Bertz CT molecular complexity index is 1070. The fourth-order valence-corrected chi connectivity index (χ4v) is 3.43. The molecule has 31 heavy (non-hydrogen) atoms. The standard InChI is InChI=1S/C24H29N3O4/c1-6-14-26-19(22(28)30-5)15-18-12-13-25-21(20(18)26)27(23(29)31-24(2,3)4)16-17-10-8-7-9-11-17/h7-13,15H,6,14,16H2,1-5H3. The van der Waals surface area contributed by atoms with Crippen molar-refractivity contribution in [1.29, 1.82) is 0 Å². The number of carbonyl (C=O) groups excluding carboxylic acids is 2. The van der Waals surface area contributed by atoms with Gasteiger partial charge in [-0.05, 0) is 44.9 Å². The maximum atomic E-state index is 13.2. The lowest BCUT2D eigenvalue weighted by Crippen LogP contribution is -2.37. The van der Waals surface area contributed by atoms with Crippen LogP contribution in [0.15, 0.2) is 48.7 Å². The van der Waals surface area contributed by atoms with Crippen LogP contribution in [0.2, 0.25) is 0 Å². The van der Waals surface area contributed by atoms with Crippen LogP contribution in [0.3, 0.4) is 0 Å². The van der Waals surface area contributed by atoms with Gasteiger partial charge in [0.05, 0.1) is 19.2 Å². The van der Waals surface area contributed by atoms with E-state index in [0.717, 1.165) is 17.4 Å². The predicted octanol–water partition coefficient (Wildman–Crippen LogP) is 5.17. The predicted molar refractivity (Wildman–Crippen MR) is 120 cm³/mol. The molecule has 0 aliphatic carbocycles. The lowest BCUT2D eigenvalue weighted by molar-refractivity contribution is 0.0573. The van der Waals surface area contributed by atoms with Gasteiger partial charge in [0, 0.05) is 18.1 Å². The average Bonchev–Trinajstić information content (AvgIpc) is 3.10. The minimum absolute atomic E-state index is 0.284. The lowest BCUT2D eigenvalue weighted by Gasteiger charge is -2.27. The number of rotatable bonds is 6. The molecule has 3 aromatic rings. The second-order valence-corrected chi connectivity index (χ2v) is 8.30. The van der Waals surface area contributed by atoms with E-state index in [1.54, 1.807) is 12.3 Å². The van der Waals surface area contributed by atoms with Crippen molar-refractivity contribution in [3.63, 3.8) is 0 Å². The van der Waals surface area contributed by atoms with Crippen LogP contribution in [0.4, 0.5) is 10.6 Å². The largest absolute Gasteiger partial charge is 0.464 e. The van der Waals surface area contributed by atoms with E-state index < -0.39 is 17.7 Å². The van der Waals surface area contributed by atoms with E-state index in [1.807, 2.05) is 68.7 Å². The fourth-order valence-electron chi connectivity index (χ4n) is 3.43. The monoisotopic (exact) mass is 423 g/mol. The van der Waals surface area contributed by atoms with E-state index >= 15 is 0 Å². The van der Waals surface area contributed by atoms with Gasteiger partial charge in [-0.25, -0.2) is 14.6 Å². The molecule has 7 heteroatoms. The summed E-state index contributed by atoms with van der Waals surface area (Å²) in [6, 6.07) is 13.3. The average molecular weight is 424 g/mol. The molecule has 0 unspecified atom stereocenters. The van der Waals surface area contributed by atoms with Crippen LogP contribution in [0, 0.1) is 0 Å². The number of anilines is 1. The molecule has 1 amide bonds. The first kappa shape index (κ1) is 22.3. The molecule has 0 aliphatic rings. The van der Waals surface area contributed by atoms with Crippen molar-refractivity contribution < 1.29 is 19.1 Å². The first-order valence-electron chi connectivity index (χ1n) is 10.4. The molecule has 0 saturated carbocycles. The molecule has 0 spiro atoms. The van der Waals surface area contributed by atoms with Crippen molar-refractivity contribution in [2.45, 2.75) is 52.8 Å². The molecular weight excluding hydrogens is 394 g/mol. The number of hydrogen-bond acceptors (Lipinski definition) is 5. The van der Waals surface area contributed by atoms with Crippen LogP contribution in [-0.2, 0) is 22.6 Å². The van der Waals surface area contributed by atoms with E-state index in [2.05, 4.69) is 4.98 Å². The van der Waals surface area contributed by atoms with Gasteiger partial charge in [-0.2, -0.15) is 0 Å². The van der Waals surface area contributed by atoms with Gasteiger partial charge in [-0.3, -0.25) is 4.90 Å². The van der Waals surface area contributed by atoms with E-state index in [9.17, 15) is 9.59 Å². The number of esters is 1. The van der Waals surface area contributed by atoms with Crippen LogP contribution < -0.4 is 4.90 Å². The van der Waals surface area contributed by atoms with E-state index in [0.29, 0.717) is 23.6 Å². The third-order valence-corrected chi connectivity index (χ3v) is 4.68. The van der Waals surface area contributed by atoms with Crippen molar-refractivity contribution in [2.24, 2.45) is 0 Å². The summed E-state index contributed by atoms with van der Waals surface area (Å²) < 4.78 is 12.5. The minimum Gasteiger partial charge on any atom is -0.464 e. The Hall–Kier alpha value is -3.35. The third kappa shape index (κ3) is 5.05. The Labute approximate surface area is 182 Å². The van der Waals surface area contributed by atoms with Crippen LogP contribution in [-0.4, -0.2) is 34.3 Å². The van der Waals surface area contributed by atoms with Crippen LogP contribution in [0.25, 0.3) is 10.9 Å². The highest BCUT2D eigenvalue weighted by Crippen LogP contribution is 2.31. The zero-order valence-corrected chi connectivity index (χ0v) is 18.7. The topological polar surface area (TPSA) is 73.7 Å². The highest BCUT2D eigenvalue weighted by Gasteiger charge is 2.28. The normalized spacial score (nSPS) is 11.4. The molecule has 2 aromatic heterocycles. The third-order valence-electron chi connectivity index (χ3n) is 4.68. The Morgan fingerprint density at radius 1 is 1.13 bits per heavy atom. The van der Waals surface area contributed by atoms with Crippen molar-refractivity contribution >= 4 is 28.8 Å². The van der Waals surface area contributed by atoms with Gasteiger partial charge in [-0.15, -0.1) is 0 Å². The van der Waals surface area contributed by atoms with Crippen molar-refractivity contribution in [2.75, 3.05) is 12.0 Å². The second-order valence-electron chi connectivity index (χ2n) is 8.30. The number of carbonyl (C=O) groups is 2. The minimum atomic E-state index is -0.664. The summed E-state index contributed by atoms with van der Waals surface area (Å²) in [5.74, 6) is 0.0154. The number of benzene rings is 1. The first-order chi connectivity index (χ1) is 14.7. The molecule has 0 saturated heterocycles. The number of methoxy groups -OCH3 is 1. The zero-order chi connectivity index (χ0) is 22.6. The summed E-state index contributed by atoms with van der Waals surface area (Å²) in [5.41, 5.74) is 1.40. The Balaban J connectivity index is 2.19. The smallest absolute Gasteiger partial charge is 0.416 e. The molecule has 0 atom stereocenters. The molecule has 1 aromatic carbocycles. The molecule has 0 N–H and O–H groups in total. The number of ether oxygens (including phenoxy) is 2. The molecule has 3 rings (SSSR count). The van der Waals surface area contributed by atoms with Gasteiger partial charge in [0.15, 0.2) is 5.82 Å². The summed E-state index contributed by atoms with van der Waals surface area (Å²) in [7, 11) is 1.36. The maximum Gasteiger partial charge on any atom is 0.416 e. The SMILES string of the molecule is CCCn1c(C(=O)OC)cc2ccnc(N(Cc3ccccc3)C(=O)OC(C)(C)C)c21. The molecule has 0 radical (unpaired) electrons. The number of hydrogen-bond donors (Lipinski definition) is 0. The number of pyridine rings is 1. The van der Waals surface area contributed by atoms with Gasteiger partial charge >= 0.3 is 12.1 Å². The van der Waals surface area contributed by atoms with Gasteiger partial charge < -0.3 is 14.0 Å². The number of fused-ring (bicyclic) bond motifs is 1. The first-order valence-corrected chi connectivity index (χ1v) is 10.4. The molecule has 0 aliphatic heterocycles. The summed E-state index contributed by atoms with van der Waals surface area (Å²) in [5, 5.41) is 0.806. The lowest BCUT2D eigenvalue weighted by atomic mass is 10.2. The van der Waals surface area contributed by atoms with Gasteiger partial charge in [-0.1, -0.05) is 37.3 Å². The molecule has 164 valence electrons. The quantitative estimate of drug-likeness (QED) is 0.511. The van der Waals surface area contributed by atoms with Crippen LogP contribution in [0.5, 0.6) is 0 Å². The Kier molecular flexibility index (Phi) is 6.63. The van der Waals surface area contributed by atoms with E-state index in [1.165, 1.54) is 12.0 Å². The molecule has 2 heterocycles. The number of amides is 1. The Morgan fingerprint density at radius 2 is 1.84 bits per heavy atom. The number of aryl methyl sites for hydroxylation is 1. The fraction of sp³-hybridized carbons (Fsp3) is 0.375. The molecule has 0 fully saturated rings. The number of nitrogens with zero attached hydrogens (tertiary/aromatic N) is 3. The van der Waals surface area contributed by atoms with E-state index in [-0.39, 0.29) is 6.54 Å². The highest BCUT2D eigenvalue weighted by molar-refractivity contribution is 6.02.